The molecule has 1 saturated carbocycles. The van der Waals surface area contributed by atoms with Gasteiger partial charge in [0.25, 0.3) is 5.91 Å². The van der Waals surface area contributed by atoms with Gasteiger partial charge in [-0.05, 0) is 43.9 Å². The number of hydrogen-bond donors (Lipinski definition) is 1. The van der Waals surface area contributed by atoms with E-state index in [1.165, 1.54) is 0 Å². The number of hydrogen-bond acceptors (Lipinski definition) is 4. The predicted octanol–water partition coefficient (Wildman–Crippen LogP) is 3.20. The van der Waals surface area contributed by atoms with E-state index in [1.807, 2.05) is 12.1 Å². The number of halogens is 1. The first-order chi connectivity index (χ1) is 13.1. The van der Waals surface area contributed by atoms with Crippen LogP contribution in [0.4, 0.5) is 5.69 Å². The normalized spacial score (nSPS) is 19.7. The molecule has 1 aliphatic heterocycles. The zero-order chi connectivity index (χ0) is 18.8. The smallest absolute Gasteiger partial charge is 0.252 e. The van der Waals surface area contributed by atoms with Crippen LogP contribution in [0.5, 0.6) is 5.88 Å². The first-order valence-corrected chi connectivity index (χ1v) is 9.49. The Morgan fingerprint density at radius 3 is 2.78 bits per heavy atom. The Kier molecular flexibility index (Phi) is 4.99. The molecule has 140 valence electrons. The van der Waals surface area contributed by atoms with Crippen molar-refractivity contribution >= 4 is 29.1 Å². The van der Waals surface area contributed by atoms with E-state index in [4.69, 9.17) is 16.3 Å². The predicted molar refractivity (Wildman–Crippen MR) is 102 cm³/mol. The molecule has 2 aromatic rings. The van der Waals surface area contributed by atoms with Gasteiger partial charge >= 0.3 is 0 Å². The average Bonchev–Trinajstić information content (AvgIpc) is 2.99. The Balaban J connectivity index is 1.42. The van der Waals surface area contributed by atoms with Crippen LogP contribution in [0.15, 0.2) is 42.6 Å². The molecule has 2 amide bonds. The SMILES string of the molecule is O=C(N[C@@H]1CCN(c2ccccc2Cl)C1=O)c1ccnc(OC2CCC2)c1. The maximum Gasteiger partial charge on any atom is 0.252 e. The Morgan fingerprint density at radius 1 is 1.22 bits per heavy atom. The number of benzene rings is 1. The van der Waals surface area contributed by atoms with Gasteiger partial charge in [0, 0.05) is 24.4 Å². The molecule has 2 heterocycles. The molecule has 0 unspecified atom stereocenters. The number of amides is 2. The van der Waals surface area contributed by atoms with Crippen molar-refractivity contribution < 1.29 is 14.3 Å². The number of carbonyl (C=O) groups is 2. The van der Waals surface area contributed by atoms with E-state index in [0.717, 1.165) is 19.3 Å². The minimum atomic E-state index is -0.571. The molecule has 1 saturated heterocycles. The summed E-state index contributed by atoms with van der Waals surface area (Å²) in [4.78, 5) is 31.1. The van der Waals surface area contributed by atoms with Crippen molar-refractivity contribution in [2.45, 2.75) is 37.8 Å². The van der Waals surface area contributed by atoms with Crippen molar-refractivity contribution in [2.75, 3.05) is 11.4 Å². The number of ether oxygens (including phenoxy) is 1. The van der Waals surface area contributed by atoms with Gasteiger partial charge in [0.15, 0.2) is 0 Å². The second-order valence-corrected chi connectivity index (χ2v) is 7.22. The van der Waals surface area contributed by atoms with Crippen LogP contribution < -0.4 is 15.0 Å². The monoisotopic (exact) mass is 385 g/mol. The van der Waals surface area contributed by atoms with E-state index in [0.29, 0.717) is 35.1 Å². The third-order valence-corrected chi connectivity index (χ3v) is 5.31. The summed E-state index contributed by atoms with van der Waals surface area (Å²) in [6.45, 7) is 0.514. The number of pyridine rings is 1. The lowest BCUT2D eigenvalue weighted by atomic mass is 9.96. The molecule has 2 fully saturated rings. The van der Waals surface area contributed by atoms with E-state index in [2.05, 4.69) is 10.3 Å². The quantitative estimate of drug-likeness (QED) is 0.857. The van der Waals surface area contributed by atoms with E-state index >= 15 is 0 Å². The van der Waals surface area contributed by atoms with Crippen LogP contribution in [-0.2, 0) is 4.79 Å². The van der Waals surface area contributed by atoms with Crippen molar-refractivity contribution in [1.82, 2.24) is 10.3 Å². The van der Waals surface area contributed by atoms with Gasteiger partial charge in [0.05, 0.1) is 10.7 Å². The van der Waals surface area contributed by atoms with Crippen LogP contribution in [0.25, 0.3) is 0 Å². The van der Waals surface area contributed by atoms with Crippen molar-refractivity contribution in [3.63, 3.8) is 0 Å². The molecule has 27 heavy (non-hydrogen) atoms. The summed E-state index contributed by atoms with van der Waals surface area (Å²) in [7, 11) is 0. The highest BCUT2D eigenvalue weighted by Gasteiger charge is 2.34. The van der Waals surface area contributed by atoms with Crippen molar-refractivity contribution in [1.29, 1.82) is 0 Å². The molecule has 4 rings (SSSR count). The molecule has 1 N–H and O–H groups in total. The molecular weight excluding hydrogens is 366 g/mol. The highest BCUT2D eigenvalue weighted by Crippen LogP contribution is 2.29. The van der Waals surface area contributed by atoms with Gasteiger partial charge in [-0.2, -0.15) is 0 Å². The maximum atomic E-state index is 12.7. The van der Waals surface area contributed by atoms with Gasteiger partial charge in [0.2, 0.25) is 11.8 Å². The lowest BCUT2D eigenvalue weighted by Gasteiger charge is -2.25. The molecule has 0 bridgehead atoms. The number of anilines is 1. The number of carbonyl (C=O) groups excluding carboxylic acids is 2. The van der Waals surface area contributed by atoms with Crippen LogP contribution >= 0.6 is 11.6 Å². The second kappa shape index (κ2) is 7.56. The lowest BCUT2D eigenvalue weighted by Crippen LogP contribution is -2.41. The summed E-state index contributed by atoms with van der Waals surface area (Å²) >= 11 is 6.19. The number of nitrogens with one attached hydrogen (secondary N) is 1. The summed E-state index contributed by atoms with van der Waals surface area (Å²) in [6, 6.07) is 9.87. The summed E-state index contributed by atoms with van der Waals surface area (Å²) < 4.78 is 5.74. The minimum Gasteiger partial charge on any atom is -0.474 e. The zero-order valence-corrected chi connectivity index (χ0v) is 15.5. The van der Waals surface area contributed by atoms with Crippen LogP contribution in [0.1, 0.15) is 36.0 Å². The highest BCUT2D eigenvalue weighted by molar-refractivity contribution is 6.34. The summed E-state index contributed by atoms with van der Waals surface area (Å²) in [5.41, 5.74) is 1.10. The topological polar surface area (TPSA) is 71.5 Å². The van der Waals surface area contributed by atoms with Crippen molar-refractivity contribution in [3.05, 3.63) is 53.2 Å². The minimum absolute atomic E-state index is 0.156. The number of para-hydroxylation sites is 1. The molecule has 1 atom stereocenters. The standard InChI is InChI=1S/C20H20ClN3O3/c21-15-6-1-2-7-17(15)24-11-9-16(20(24)26)23-19(25)13-8-10-22-18(12-13)27-14-4-3-5-14/h1-2,6-8,10,12,14,16H,3-5,9,11H2,(H,23,25)/t16-/m1/s1. The third-order valence-electron chi connectivity index (χ3n) is 4.99. The van der Waals surface area contributed by atoms with E-state index < -0.39 is 6.04 Å². The van der Waals surface area contributed by atoms with Crippen LogP contribution in [0, 0.1) is 0 Å². The van der Waals surface area contributed by atoms with Gasteiger partial charge < -0.3 is 15.0 Å². The van der Waals surface area contributed by atoms with Crippen LogP contribution in [0.3, 0.4) is 0 Å². The molecular formula is C20H20ClN3O3. The van der Waals surface area contributed by atoms with E-state index in [1.54, 1.807) is 35.4 Å². The van der Waals surface area contributed by atoms with Gasteiger partial charge in [-0.3, -0.25) is 9.59 Å². The second-order valence-electron chi connectivity index (χ2n) is 6.81. The summed E-state index contributed by atoms with van der Waals surface area (Å²) in [5.74, 6) is -0.0190. The fraction of sp³-hybridized carbons (Fsp3) is 0.350. The summed E-state index contributed by atoms with van der Waals surface area (Å²) in [5, 5.41) is 3.33. The van der Waals surface area contributed by atoms with Gasteiger partial charge in [-0.25, -0.2) is 4.98 Å². The molecule has 7 heteroatoms. The fourth-order valence-electron chi connectivity index (χ4n) is 3.24. The van der Waals surface area contributed by atoms with E-state index in [9.17, 15) is 9.59 Å². The largest absolute Gasteiger partial charge is 0.474 e. The van der Waals surface area contributed by atoms with Crippen molar-refractivity contribution in [3.8, 4) is 5.88 Å². The third kappa shape index (κ3) is 3.76. The molecule has 1 aromatic carbocycles. The number of rotatable bonds is 5. The first kappa shape index (κ1) is 17.8. The maximum absolute atomic E-state index is 12.7. The molecule has 0 spiro atoms. The molecule has 1 aromatic heterocycles. The average molecular weight is 386 g/mol. The Labute approximate surface area is 162 Å². The Bertz CT molecular complexity index is 869. The molecule has 2 aliphatic rings. The van der Waals surface area contributed by atoms with Gasteiger partial charge in [0.1, 0.15) is 12.1 Å². The van der Waals surface area contributed by atoms with Crippen LogP contribution in [0.2, 0.25) is 5.02 Å². The Morgan fingerprint density at radius 2 is 2.04 bits per heavy atom. The molecule has 6 nitrogen and oxygen atoms in total. The summed E-state index contributed by atoms with van der Waals surface area (Å²) in [6.07, 6.45) is 5.48. The van der Waals surface area contributed by atoms with Gasteiger partial charge in [-0.15, -0.1) is 0 Å². The van der Waals surface area contributed by atoms with Gasteiger partial charge in [-0.1, -0.05) is 23.7 Å². The first-order valence-electron chi connectivity index (χ1n) is 9.11. The zero-order valence-electron chi connectivity index (χ0n) is 14.7. The fourth-order valence-corrected chi connectivity index (χ4v) is 3.48. The van der Waals surface area contributed by atoms with Crippen LogP contribution in [-0.4, -0.2) is 35.5 Å². The molecule has 0 radical (unpaired) electrons. The lowest BCUT2D eigenvalue weighted by molar-refractivity contribution is -0.118. The Hall–Kier alpha value is -2.60. The highest BCUT2D eigenvalue weighted by atomic mass is 35.5. The number of aromatic nitrogens is 1. The molecule has 1 aliphatic carbocycles. The van der Waals surface area contributed by atoms with Crippen molar-refractivity contribution in [2.24, 2.45) is 0 Å². The van der Waals surface area contributed by atoms with E-state index in [-0.39, 0.29) is 17.9 Å². The number of nitrogens with zero attached hydrogens (tertiary/aromatic N) is 2.